The zero-order valence-corrected chi connectivity index (χ0v) is 11.9. The van der Waals surface area contributed by atoms with Gasteiger partial charge in [-0.1, -0.05) is 0 Å². The van der Waals surface area contributed by atoms with Crippen molar-refractivity contribution in [3.8, 4) is 0 Å². The molecule has 1 saturated heterocycles. The molecule has 3 heterocycles. The van der Waals surface area contributed by atoms with Crippen LogP contribution in [0, 0.1) is 0 Å². The van der Waals surface area contributed by atoms with Gasteiger partial charge in [0.1, 0.15) is 11.6 Å². The minimum absolute atomic E-state index is 0.478. The van der Waals surface area contributed by atoms with Gasteiger partial charge in [0.2, 0.25) is 0 Å². The maximum Gasteiger partial charge on any atom is 0.135 e. The van der Waals surface area contributed by atoms with Crippen LogP contribution in [-0.4, -0.2) is 48.6 Å². The van der Waals surface area contributed by atoms with E-state index in [1.165, 1.54) is 24.1 Å². The summed E-state index contributed by atoms with van der Waals surface area (Å²) in [6, 6.07) is 0. The minimum Gasteiger partial charge on any atom is -0.373 e. The van der Waals surface area contributed by atoms with Crippen molar-refractivity contribution in [2.45, 2.75) is 31.7 Å². The molecule has 0 aliphatic carbocycles. The molecule has 0 spiro atoms. The average Bonchev–Trinajstić information content (AvgIpc) is 2.47. The van der Waals surface area contributed by atoms with Crippen LogP contribution in [0.3, 0.4) is 0 Å². The fraction of sp³-hybridized carbons (Fsp3) is 0.714. The molecule has 5 nitrogen and oxygen atoms in total. The predicted octanol–water partition coefficient (Wildman–Crippen LogP) is 0.973. The summed E-state index contributed by atoms with van der Waals surface area (Å²) in [6.07, 6.45) is 3.47. The van der Waals surface area contributed by atoms with Crippen LogP contribution >= 0.6 is 0 Å². The molecule has 0 bridgehead atoms. The highest BCUT2D eigenvalue weighted by atomic mass is 15.1. The lowest BCUT2D eigenvalue weighted by atomic mass is 9.97. The highest BCUT2D eigenvalue weighted by Crippen LogP contribution is 2.27. The molecular weight excluding hydrogens is 238 g/mol. The Labute approximate surface area is 114 Å². The summed E-state index contributed by atoms with van der Waals surface area (Å²) in [4.78, 5) is 12.0. The van der Waals surface area contributed by atoms with E-state index in [-0.39, 0.29) is 0 Å². The molecule has 104 valence electrons. The molecule has 0 aromatic carbocycles. The molecule has 5 heteroatoms. The summed E-state index contributed by atoms with van der Waals surface area (Å²) in [6.45, 7) is 4.19. The molecule has 2 aliphatic rings. The Hall–Kier alpha value is -1.20. The second-order valence-electron chi connectivity index (χ2n) is 5.64. The fourth-order valence-corrected chi connectivity index (χ4v) is 3.03. The quantitative estimate of drug-likeness (QED) is 0.831. The Balaban J connectivity index is 1.94. The molecule has 0 radical (unpaired) electrons. The third-order valence-corrected chi connectivity index (χ3v) is 4.17. The molecule has 2 aliphatic heterocycles. The maximum absolute atomic E-state index is 4.86. The average molecular weight is 261 g/mol. The largest absolute Gasteiger partial charge is 0.373 e. The van der Waals surface area contributed by atoms with Gasteiger partial charge in [0.05, 0.1) is 5.69 Å². The summed E-state index contributed by atoms with van der Waals surface area (Å²) < 4.78 is 0. The van der Waals surface area contributed by atoms with E-state index in [0.29, 0.717) is 5.92 Å². The van der Waals surface area contributed by atoms with Crippen molar-refractivity contribution in [3.63, 3.8) is 0 Å². The SMILES string of the molecule is CNc1nc(C2CCCNC2)nc2c1CN(C)CC2. The van der Waals surface area contributed by atoms with E-state index in [1.54, 1.807) is 0 Å². The fourth-order valence-electron chi connectivity index (χ4n) is 3.03. The van der Waals surface area contributed by atoms with Gasteiger partial charge in [-0.25, -0.2) is 9.97 Å². The number of piperidine rings is 1. The van der Waals surface area contributed by atoms with Crippen LogP contribution in [0.15, 0.2) is 0 Å². The minimum atomic E-state index is 0.478. The Morgan fingerprint density at radius 1 is 1.37 bits per heavy atom. The molecule has 3 rings (SSSR count). The smallest absolute Gasteiger partial charge is 0.135 e. The second kappa shape index (κ2) is 5.43. The summed E-state index contributed by atoms with van der Waals surface area (Å²) in [5.41, 5.74) is 2.53. The van der Waals surface area contributed by atoms with Crippen molar-refractivity contribution >= 4 is 5.82 Å². The van der Waals surface area contributed by atoms with E-state index in [4.69, 9.17) is 9.97 Å². The number of anilines is 1. The third kappa shape index (κ3) is 2.58. The van der Waals surface area contributed by atoms with Crippen molar-refractivity contribution < 1.29 is 0 Å². The normalized spacial score (nSPS) is 24.0. The molecule has 0 saturated carbocycles. The Morgan fingerprint density at radius 2 is 2.26 bits per heavy atom. The molecule has 1 atom stereocenters. The van der Waals surface area contributed by atoms with E-state index in [9.17, 15) is 0 Å². The first-order valence-corrected chi connectivity index (χ1v) is 7.24. The lowest BCUT2D eigenvalue weighted by molar-refractivity contribution is 0.308. The van der Waals surface area contributed by atoms with Crippen molar-refractivity contribution in [1.29, 1.82) is 0 Å². The predicted molar refractivity (Wildman–Crippen MR) is 76.5 cm³/mol. The van der Waals surface area contributed by atoms with Gasteiger partial charge in [-0.05, 0) is 26.4 Å². The van der Waals surface area contributed by atoms with Crippen molar-refractivity contribution in [2.75, 3.05) is 39.0 Å². The molecular formula is C14H23N5. The van der Waals surface area contributed by atoms with E-state index in [1.807, 2.05) is 7.05 Å². The van der Waals surface area contributed by atoms with E-state index >= 15 is 0 Å². The van der Waals surface area contributed by atoms with Crippen molar-refractivity contribution in [1.82, 2.24) is 20.2 Å². The number of nitrogens with one attached hydrogen (secondary N) is 2. The van der Waals surface area contributed by atoms with Crippen LogP contribution in [0.4, 0.5) is 5.82 Å². The van der Waals surface area contributed by atoms with Gasteiger partial charge in [-0.2, -0.15) is 0 Å². The van der Waals surface area contributed by atoms with Crippen molar-refractivity contribution in [2.24, 2.45) is 0 Å². The van der Waals surface area contributed by atoms with E-state index < -0.39 is 0 Å². The lowest BCUT2D eigenvalue weighted by Crippen LogP contribution is -2.32. The Morgan fingerprint density at radius 3 is 3.00 bits per heavy atom. The number of rotatable bonds is 2. The number of fused-ring (bicyclic) bond motifs is 1. The van der Waals surface area contributed by atoms with Crippen LogP contribution in [0.5, 0.6) is 0 Å². The molecule has 1 aromatic rings. The number of hydrogen-bond donors (Lipinski definition) is 2. The molecule has 19 heavy (non-hydrogen) atoms. The van der Waals surface area contributed by atoms with Gasteiger partial charge >= 0.3 is 0 Å². The first-order chi connectivity index (χ1) is 9.28. The molecule has 1 unspecified atom stereocenters. The number of likely N-dealkylation sites (N-methyl/N-ethyl adjacent to an activating group) is 1. The van der Waals surface area contributed by atoms with Gasteiger partial charge in [0.25, 0.3) is 0 Å². The van der Waals surface area contributed by atoms with Gasteiger partial charge in [0, 0.05) is 44.6 Å². The van der Waals surface area contributed by atoms with Gasteiger partial charge in [-0.15, -0.1) is 0 Å². The van der Waals surface area contributed by atoms with Crippen LogP contribution < -0.4 is 10.6 Å². The summed E-state index contributed by atoms with van der Waals surface area (Å²) in [7, 11) is 4.11. The van der Waals surface area contributed by atoms with E-state index in [2.05, 4.69) is 22.6 Å². The summed E-state index contributed by atoms with van der Waals surface area (Å²) in [5.74, 6) is 2.53. The Bertz CT molecular complexity index is 436. The standard InChI is InChI=1S/C14H23N5/c1-15-14-11-9-19(2)7-5-12(11)17-13(18-14)10-4-3-6-16-8-10/h10,16H,3-9H2,1-2H3,(H,15,17,18). The lowest BCUT2D eigenvalue weighted by Gasteiger charge is -2.28. The summed E-state index contributed by atoms with van der Waals surface area (Å²) >= 11 is 0. The summed E-state index contributed by atoms with van der Waals surface area (Å²) in [5, 5.41) is 6.71. The number of nitrogens with zero attached hydrogens (tertiary/aromatic N) is 3. The maximum atomic E-state index is 4.86. The van der Waals surface area contributed by atoms with Crippen LogP contribution in [0.1, 0.15) is 35.8 Å². The molecule has 1 aromatic heterocycles. The first-order valence-electron chi connectivity index (χ1n) is 7.24. The monoisotopic (exact) mass is 261 g/mol. The highest BCUT2D eigenvalue weighted by Gasteiger charge is 2.24. The molecule has 0 amide bonds. The zero-order chi connectivity index (χ0) is 13.2. The van der Waals surface area contributed by atoms with Crippen LogP contribution in [-0.2, 0) is 13.0 Å². The molecule has 2 N–H and O–H groups in total. The van der Waals surface area contributed by atoms with Gasteiger partial charge < -0.3 is 15.5 Å². The topological polar surface area (TPSA) is 53.1 Å². The zero-order valence-electron chi connectivity index (χ0n) is 11.9. The van der Waals surface area contributed by atoms with E-state index in [0.717, 1.165) is 44.2 Å². The van der Waals surface area contributed by atoms with Gasteiger partial charge in [0.15, 0.2) is 0 Å². The van der Waals surface area contributed by atoms with Gasteiger partial charge in [-0.3, -0.25) is 0 Å². The highest BCUT2D eigenvalue weighted by molar-refractivity contribution is 5.47. The second-order valence-corrected chi connectivity index (χ2v) is 5.64. The van der Waals surface area contributed by atoms with Crippen LogP contribution in [0.2, 0.25) is 0 Å². The van der Waals surface area contributed by atoms with Crippen molar-refractivity contribution in [3.05, 3.63) is 17.1 Å². The Kier molecular flexibility index (Phi) is 3.66. The molecule has 1 fully saturated rings. The van der Waals surface area contributed by atoms with Crippen LogP contribution in [0.25, 0.3) is 0 Å². The number of hydrogen-bond acceptors (Lipinski definition) is 5. The first kappa shape index (κ1) is 12.8. The number of aromatic nitrogens is 2. The third-order valence-electron chi connectivity index (χ3n) is 4.17.